The second kappa shape index (κ2) is 6.98. The summed E-state index contributed by atoms with van der Waals surface area (Å²) in [4.78, 5) is 11.2. The van der Waals surface area contributed by atoms with E-state index in [1.54, 1.807) is 12.1 Å². The second-order valence-electron chi connectivity index (χ2n) is 6.43. The van der Waals surface area contributed by atoms with Gasteiger partial charge >= 0.3 is 0 Å². The fraction of sp³-hybridized carbons (Fsp3) is 0.316. The number of hydrogen-bond acceptors (Lipinski definition) is 3. The van der Waals surface area contributed by atoms with E-state index in [9.17, 15) is 13.2 Å². The van der Waals surface area contributed by atoms with Crippen LogP contribution < -0.4 is 10.0 Å². The first-order valence-corrected chi connectivity index (χ1v) is 9.85. The highest BCUT2D eigenvalue weighted by atomic mass is 32.2. The van der Waals surface area contributed by atoms with Crippen LogP contribution in [-0.4, -0.2) is 14.3 Å². The molecule has 1 atom stereocenters. The van der Waals surface area contributed by atoms with E-state index < -0.39 is 10.0 Å². The van der Waals surface area contributed by atoms with Gasteiger partial charge in [-0.25, -0.2) is 13.1 Å². The molecule has 0 unspecified atom stereocenters. The summed E-state index contributed by atoms with van der Waals surface area (Å²) in [6.07, 6.45) is 3.34. The van der Waals surface area contributed by atoms with Gasteiger partial charge in [-0.05, 0) is 67.1 Å². The van der Waals surface area contributed by atoms with Crippen LogP contribution in [0.2, 0.25) is 0 Å². The summed E-state index contributed by atoms with van der Waals surface area (Å²) < 4.78 is 27.9. The number of amides is 1. The number of anilines is 1. The van der Waals surface area contributed by atoms with Gasteiger partial charge in [-0.1, -0.05) is 18.2 Å². The molecular formula is C19H22N2O3S. The maximum Gasteiger partial charge on any atom is 0.241 e. The van der Waals surface area contributed by atoms with Crippen molar-refractivity contribution in [2.45, 2.75) is 44.0 Å². The molecule has 2 aromatic rings. The van der Waals surface area contributed by atoms with Gasteiger partial charge in [-0.3, -0.25) is 4.79 Å². The smallest absolute Gasteiger partial charge is 0.241 e. The van der Waals surface area contributed by atoms with E-state index in [4.69, 9.17) is 0 Å². The minimum Gasteiger partial charge on any atom is -0.326 e. The molecule has 0 aliphatic heterocycles. The van der Waals surface area contributed by atoms with E-state index in [-0.39, 0.29) is 16.8 Å². The van der Waals surface area contributed by atoms with Gasteiger partial charge < -0.3 is 5.32 Å². The first kappa shape index (κ1) is 17.6. The van der Waals surface area contributed by atoms with Crippen LogP contribution in [0.3, 0.4) is 0 Å². The monoisotopic (exact) mass is 358 g/mol. The Labute approximate surface area is 148 Å². The minimum absolute atomic E-state index is 0.176. The van der Waals surface area contributed by atoms with Gasteiger partial charge in [-0.2, -0.15) is 0 Å². The molecule has 1 aliphatic rings. The van der Waals surface area contributed by atoms with Gasteiger partial charge in [0.1, 0.15) is 0 Å². The first-order valence-electron chi connectivity index (χ1n) is 8.37. The summed E-state index contributed by atoms with van der Waals surface area (Å²) in [5.74, 6) is -0.195. The number of carbonyl (C=O) groups is 1. The topological polar surface area (TPSA) is 75.3 Å². The molecule has 0 radical (unpaired) electrons. The molecule has 0 heterocycles. The van der Waals surface area contributed by atoms with E-state index in [1.165, 1.54) is 36.6 Å². The summed E-state index contributed by atoms with van der Waals surface area (Å²) in [5, 5.41) is 2.62. The maximum atomic E-state index is 12.6. The number of hydrogen-bond donors (Lipinski definition) is 2. The lowest BCUT2D eigenvalue weighted by molar-refractivity contribution is -0.114. The van der Waals surface area contributed by atoms with Crippen molar-refractivity contribution in [2.75, 3.05) is 5.32 Å². The van der Waals surface area contributed by atoms with E-state index in [0.29, 0.717) is 5.69 Å². The van der Waals surface area contributed by atoms with Crippen molar-refractivity contribution in [1.29, 1.82) is 0 Å². The highest BCUT2D eigenvalue weighted by molar-refractivity contribution is 7.89. The number of sulfonamides is 1. The summed E-state index contributed by atoms with van der Waals surface area (Å²) in [6.45, 7) is 3.25. The fourth-order valence-corrected chi connectivity index (χ4v) is 4.38. The van der Waals surface area contributed by atoms with Crippen LogP contribution in [0.15, 0.2) is 47.4 Å². The van der Waals surface area contributed by atoms with Crippen molar-refractivity contribution >= 4 is 21.6 Å². The molecule has 5 nitrogen and oxygen atoms in total. The largest absolute Gasteiger partial charge is 0.326 e. The van der Waals surface area contributed by atoms with Gasteiger partial charge in [0.2, 0.25) is 15.9 Å². The second-order valence-corrected chi connectivity index (χ2v) is 8.14. The van der Waals surface area contributed by atoms with Gasteiger partial charge in [0.25, 0.3) is 0 Å². The van der Waals surface area contributed by atoms with E-state index >= 15 is 0 Å². The summed E-state index contributed by atoms with van der Waals surface area (Å²) >= 11 is 0. The van der Waals surface area contributed by atoms with Crippen LogP contribution in [0.5, 0.6) is 0 Å². The zero-order chi connectivity index (χ0) is 18.0. The average Bonchev–Trinajstić information content (AvgIpc) is 3.02. The Bertz CT molecular complexity index is 889. The standard InChI is InChI=1S/C19H22N2O3S/c1-13(16-7-6-15-4-3-5-17(15)12-16)21-25(23,24)19-10-8-18(9-11-19)20-14(2)22/h6-13,21H,3-5H2,1-2H3,(H,20,22)/t13-/m0/s1. The minimum atomic E-state index is -3.63. The number of rotatable bonds is 5. The summed E-state index contributed by atoms with van der Waals surface area (Å²) in [5.41, 5.74) is 4.23. The predicted octanol–water partition coefficient (Wildman–Crippen LogP) is 3.17. The lowest BCUT2D eigenvalue weighted by atomic mass is 10.0. The molecule has 0 spiro atoms. The van der Waals surface area contributed by atoms with Gasteiger partial charge in [0, 0.05) is 18.7 Å². The molecule has 0 fully saturated rings. The Morgan fingerprint density at radius 2 is 1.72 bits per heavy atom. The molecule has 1 amide bonds. The summed E-state index contributed by atoms with van der Waals surface area (Å²) in [6, 6.07) is 12.0. The molecule has 0 saturated carbocycles. The van der Waals surface area contributed by atoms with Crippen molar-refractivity contribution in [1.82, 2.24) is 4.72 Å². The quantitative estimate of drug-likeness (QED) is 0.862. The van der Waals surface area contributed by atoms with Crippen LogP contribution in [0, 0.1) is 0 Å². The van der Waals surface area contributed by atoms with Crippen LogP contribution >= 0.6 is 0 Å². The molecule has 3 rings (SSSR count). The molecule has 132 valence electrons. The van der Waals surface area contributed by atoms with E-state index in [2.05, 4.69) is 22.2 Å². The molecule has 1 aliphatic carbocycles. The van der Waals surface area contributed by atoms with Crippen molar-refractivity contribution in [3.05, 3.63) is 59.2 Å². The normalized spacial score (nSPS) is 14.8. The SMILES string of the molecule is CC(=O)Nc1ccc(S(=O)(=O)N[C@@H](C)c2ccc3c(c2)CCC3)cc1. The third-order valence-electron chi connectivity index (χ3n) is 4.44. The van der Waals surface area contributed by atoms with E-state index in [1.807, 2.05) is 13.0 Å². The number of carbonyl (C=O) groups excluding carboxylic acids is 1. The molecule has 0 saturated heterocycles. The molecule has 6 heteroatoms. The first-order chi connectivity index (χ1) is 11.8. The lowest BCUT2D eigenvalue weighted by Gasteiger charge is -2.16. The van der Waals surface area contributed by atoms with Crippen LogP contribution in [0.25, 0.3) is 0 Å². The Balaban J connectivity index is 1.75. The van der Waals surface area contributed by atoms with Crippen LogP contribution in [0.4, 0.5) is 5.69 Å². The fourth-order valence-electron chi connectivity index (χ4n) is 3.15. The third-order valence-corrected chi connectivity index (χ3v) is 6.00. The Morgan fingerprint density at radius 1 is 1.04 bits per heavy atom. The molecule has 2 aromatic carbocycles. The average molecular weight is 358 g/mol. The van der Waals surface area contributed by atoms with Crippen molar-refractivity contribution < 1.29 is 13.2 Å². The third kappa shape index (κ3) is 4.08. The van der Waals surface area contributed by atoms with Crippen LogP contribution in [-0.2, 0) is 27.7 Å². The summed E-state index contributed by atoms with van der Waals surface area (Å²) in [7, 11) is -3.63. The zero-order valence-corrected chi connectivity index (χ0v) is 15.2. The molecule has 2 N–H and O–H groups in total. The predicted molar refractivity (Wildman–Crippen MR) is 97.9 cm³/mol. The molecule has 25 heavy (non-hydrogen) atoms. The van der Waals surface area contributed by atoms with Crippen molar-refractivity contribution in [3.8, 4) is 0 Å². The number of fused-ring (bicyclic) bond motifs is 1. The zero-order valence-electron chi connectivity index (χ0n) is 14.4. The lowest BCUT2D eigenvalue weighted by Crippen LogP contribution is -2.27. The van der Waals surface area contributed by atoms with Gasteiger partial charge in [0.15, 0.2) is 0 Å². The van der Waals surface area contributed by atoms with Crippen molar-refractivity contribution in [2.24, 2.45) is 0 Å². The highest BCUT2D eigenvalue weighted by Crippen LogP contribution is 2.26. The number of benzene rings is 2. The van der Waals surface area contributed by atoms with Crippen molar-refractivity contribution in [3.63, 3.8) is 0 Å². The number of aryl methyl sites for hydroxylation is 2. The van der Waals surface area contributed by atoms with Crippen LogP contribution in [0.1, 0.15) is 43.0 Å². The Kier molecular flexibility index (Phi) is 4.92. The van der Waals surface area contributed by atoms with E-state index in [0.717, 1.165) is 18.4 Å². The molecule has 0 aromatic heterocycles. The molecule has 0 bridgehead atoms. The van der Waals surface area contributed by atoms with Gasteiger partial charge in [-0.15, -0.1) is 0 Å². The Hall–Kier alpha value is -2.18. The highest BCUT2D eigenvalue weighted by Gasteiger charge is 2.20. The molecular weight excluding hydrogens is 336 g/mol. The van der Waals surface area contributed by atoms with Gasteiger partial charge in [0.05, 0.1) is 4.90 Å². The maximum absolute atomic E-state index is 12.6. The number of nitrogens with one attached hydrogen (secondary N) is 2. The Morgan fingerprint density at radius 3 is 2.40 bits per heavy atom.